The Morgan fingerprint density at radius 2 is 2.12 bits per heavy atom. The Bertz CT molecular complexity index is 546. The number of benzene rings is 1. The van der Waals surface area contributed by atoms with Crippen molar-refractivity contribution in [3.8, 4) is 17.0 Å². The van der Waals surface area contributed by atoms with Crippen molar-refractivity contribution in [2.24, 2.45) is 0 Å². The van der Waals surface area contributed by atoms with Gasteiger partial charge in [0.2, 0.25) is 0 Å². The maximum atomic E-state index is 10.9. The summed E-state index contributed by atoms with van der Waals surface area (Å²) in [6.07, 6.45) is 0. The first kappa shape index (κ1) is 10.9. The summed E-state index contributed by atoms with van der Waals surface area (Å²) in [5.74, 6) is 0.711. The van der Waals surface area contributed by atoms with E-state index in [0.717, 1.165) is 10.0 Å². The molecule has 82 valence electrons. The number of hydrogen-bond donors (Lipinski definition) is 1. The van der Waals surface area contributed by atoms with E-state index in [1.165, 1.54) is 6.07 Å². The van der Waals surface area contributed by atoms with Gasteiger partial charge in [0.25, 0.3) is 5.56 Å². The fourth-order valence-corrected chi connectivity index (χ4v) is 1.74. The Balaban J connectivity index is 2.57. The Morgan fingerprint density at radius 3 is 2.75 bits per heavy atom. The zero-order valence-corrected chi connectivity index (χ0v) is 10.1. The van der Waals surface area contributed by atoms with E-state index >= 15 is 0 Å². The quantitative estimate of drug-likeness (QED) is 0.918. The van der Waals surface area contributed by atoms with Gasteiger partial charge in [-0.3, -0.25) is 4.79 Å². The largest absolute Gasteiger partial charge is 0.496 e. The van der Waals surface area contributed by atoms with Crippen molar-refractivity contribution in [1.29, 1.82) is 0 Å². The molecular formula is C11H9BrN2O2. The van der Waals surface area contributed by atoms with E-state index in [1.807, 2.05) is 18.2 Å². The third-order valence-electron chi connectivity index (χ3n) is 2.12. The van der Waals surface area contributed by atoms with E-state index in [2.05, 4.69) is 26.1 Å². The number of methoxy groups -OCH3 is 1. The van der Waals surface area contributed by atoms with E-state index in [-0.39, 0.29) is 5.56 Å². The molecule has 0 amide bonds. The summed E-state index contributed by atoms with van der Waals surface area (Å²) in [5.41, 5.74) is 1.27. The zero-order valence-electron chi connectivity index (χ0n) is 8.53. The minimum Gasteiger partial charge on any atom is -0.496 e. The summed E-state index contributed by atoms with van der Waals surface area (Å²) in [6, 6.07) is 8.70. The second-order valence-electron chi connectivity index (χ2n) is 3.15. The van der Waals surface area contributed by atoms with Gasteiger partial charge < -0.3 is 4.74 Å². The van der Waals surface area contributed by atoms with Crippen LogP contribution in [0.4, 0.5) is 0 Å². The standard InChI is InChI=1S/C11H9BrN2O2/c1-16-10-4-2-7(12)6-8(10)9-3-5-11(15)14-13-9/h2-6H,1H3,(H,14,15). The van der Waals surface area contributed by atoms with Crippen LogP contribution in [-0.4, -0.2) is 17.3 Å². The minimum atomic E-state index is -0.224. The maximum Gasteiger partial charge on any atom is 0.264 e. The lowest BCUT2D eigenvalue weighted by Crippen LogP contribution is -2.05. The lowest BCUT2D eigenvalue weighted by molar-refractivity contribution is 0.416. The van der Waals surface area contributed by atoms with Crippen molar-refractivity contribution in [2.75, 3.05) is 7.11 Å². The number of H-pyrrole nitrogens is 1. The smallest absolute Gasteiger partial charge is 0.264 e. The normalized spacial score (nSPS) is 10.1. The average Bonchev–Trinajstić information content (AvgIpc) is 2.30. The molecule has 2 rings (SSSR count). The molecule has 0 aliphatic carbocycles. The molecule has 1 heterocycles. The highest BCUT2D eigenvalue weighted by atomic mass is 79.9. The van der Waals surface area contributed by atoms with Crippen LogP contribution in [0.5, 0.6) is 5.75 Å². The van der Waals surface area contributed by atoms with Gasteiger partial charge in [0, 0.05) is 16.1 Å². The monoisotopic (exact) mass is 280 g/mol. The highest BCUT2D eigenvalue weighted by molar-refractivity contribution is 9.10. The molecule has 0 atom stereocenters. The van der Waals surface area contributed by atoms with Gasteiger partial charge >= 0.3 is 0 Å². The highest BCUT2D eigenvalue weighted by Gasteiger charge is 2.07. The van der Waals surface area contributed by atoms with E-state index in [4.69, 9.17) is 4.74 Å². The number of aromatic nitrogens is 2. The lowest BCUT2D eigenvalue weighted by atomic mass is 10.1. The molecule has 0 bridgehead atoms. The van der Waals surface area contributed by atoms with Crippen LogP contribution in [0.15, 0.2) is 39.6 Å². The van der Waals surface area contributed by atoms with Crippen LogP contribution >= 0.6 is 15.9 Å². The highest BCUT2D eigenvalue weighted by Crippen LogP contribution is 2.30. The predicted molar refractivity (Wildman–Crippen MR) is 64.5 cm³/mol. The Morgan fingerprint density at radius 1 is 1.31 bits per heavy atom. The van der Waals surface area contributed by atoms with Gasteiger partial charge in [-0.05, 0) is 24.3 Å². The molecular weight excluding hydrogens is 272 g/mol. The van der Waals surface area contributed by atoms with Crippen LogP contribution in [0.2, 0.25) is 0 Å². The number of nitrogens with one attached hydrogen (secondary N) is 1. The molecule has 0 radical (unpaired) electrons. The summed E-state index contributed by atoms with van der Waals surface area (Å²) < 4.78 is 6.16. The van der Waals surface area contributed by atoms with E-state index in [0.29, 0.717) is 11.4 Å². The molecule has 1 aromatic carbocycles. The molecule has 5 heteroatoms. The van der Waals surface area contributed by atoms with Gasteiger partial charge in [-0.25, -0.2) is 5.10 Å². The van der Waals surface area contributed by atoms with Gasteiger partial charge in [0.1, 0.15) is 5.75 Å². The van der Waals surface area contributed by atoms with E-state index in [9.17, 15) is 4.79 Å². The summed E-state index contributed by atoms with van der Waals surface area (Å²) in [5, 5.41) is 6.35. The first-order valence-electron chi connectivity index (χ1n) is 4.60. The maximum absolute atomic E-state index is 10.9. The molecule has 0 aliphatic rings. The third kappa shape index (κ3) is 2.14. The van der Waals surface area contributed by atoms with E-state index in [1.54, 1.807) is 13.2 Å². The third-order valence-corrected chi connectivity index (χ3v) is 2.61. The number of halogens is 1. The number of nitrogens with zero attached hydrogens (tertiary/aromatic N) is 1. The van der Waals surface area contributed by atoms with Gasteiger partial charge in [-0.1, -0.05) is 15.9 Å². The van der Waals surface area contributed by atoms with Gasteiger partial charge in [-0.15, -0.1) is 0 Å². The fraction of sp³-hybridized carbons (Fsp3) is 0.0909. The van der Waals surface area contributed by atoms with Crippen molar-refractivity contribution in [2.45, 2.75) is 0 Å². The molecule has 4 nitrogen and oxygen atoms in total. The Kier molecular flexibility index (Phi) is 3.05. The van der Waals surface area contributed by atoms with Crippen LogP contribution in [0.25, 0.3) is 11.3 Å². The van der Waals surface area contributed by atoms with Gasteiger partial charge in [0.15, 0.2) is 0 Å². The second-order valence-corrected chi connectivity index (χ2v) is 4.07. The average molecular weight is 281 g/mol. The Labute approximate surface area is 100 Å². The fourth-order valence-electron chi connectivity index (χ4n) is 1.37. The van der Waals surface area contributed by atoms with Gasteiger partial charge in [0.05, 0.1) is 12.8 Å². The van der Waals surface area contributed by atoms with Crippen molar-refractivity contribution in [1.82, 2.24) is 10.2 Å². The molecule has 2 aromatic rings. The van der Waals surface area contributed by atoms with Crippen molar-refractivity contribution in [3.63, 3.8) is 0 Å². The summed E-state index contributed by atoms with van der Waals surface area (Å²) in [6.45, 7) is 0. The summed E-state index contributed by atoms with van der Waals surface area (Å²) >= 11 is 3.38. The number of ether oxygens (including phenoxy) is 1. The molecule has 0 saturated heterocycles. The van der Waals surface area contributed by atoms with Crippen molar-refractivity contribution < 1.29 is 4.74 Å². The number of rotatable bonds is 2. The molecule has 0 saturated carbocycles. The topological polar surface area (TPSA) is 55.0 Å². The van der Waals surface area contributed by atoms with E-state index < -0.39 is 0 Å². The van der Waals surface area contributed by atoms with Crippen LogP contribution in [0, 0.1) is 0 Å². The minimum absolute atomic E-state index is 0.224. The Hall–Kier alpha value is -1.62. The summed E-state index contributed by atoms with van der Waals surface area (Å²) in [4.78, 5) is 10.9. The molecule has 0 spiro atoms. The molecule has 1 N–H and O–H groups in total. The van der Waals surface area contributed by atoms with Crippen LogP contribution < -0.4 is 10.3 Å². The van der Waals surface area contributed by atoms with Crippen LogP contribution in [0.1, 0.15) is 0 Å². The van der Waals surface area contributed by atoms with Gasteiger partial charge in [-0.2, -0.15) is 5.10 Å². The number of aromatic amines is 1. The molecule has 0 fully saturated rings. The van der Waals surface area contributed by atoms with Crippen molar-refractivity contribution >= 4 is 15.9 Å². The molecule has 0 aliphatic heterocycles. The predicted octanol–water partition coefficient (Wildman–Crippen LogP) is 2.21. The first-order chi connectivity index (χ1) is 7.70. The van der Waals surface area contributed by atoms with Crippen molar-refractivity contribution in [3.05, 3.63) is 45.2 Å². The lowest BCUT2D eigenvalue weighted by Gasteiger charge is -2.07. The SMILES string of the molecule is COc1ccc(Br)cc1-c1ccc(=O)[nH]n1. The molecule has 0 unspecified atom stereocenters. The van der Waals surface area contributed by atoms with Crippen LogP contribution in [-0.2, 0) is 0 Å². The molecule has 16 heavy (non-hydrogen) atoms. The second kappa shape index (κ2) is 4.49. The summed E-state index contributed by atoms with van der Waals surface area (Å²) in [7, 11) is 1.60. The zero-order chi connectivity index (χ0) is 11.5. The van der Waals surface area contributed by atoms with Crippen LogP contribution in [0.3, 0.4) is 0 Å². The molecule has 1 aromatic heterocycles. The number of hydrogen-bond acceptors (Lipinski definition) is 3. The first-order valence-corrected chi connectivity index (χ1v) is 5.39.